The molecule has 7 heteroatoms. The topological polar surface area (TPSA) is 73.1 Å². The summed E-state index contributed by atoms with van der Waals surface area (Å²) in [5.41, 5.74) is -0.0818. The van der Waals surface area contributed by atoms with Crippen LogP contribution in [0.3, 0.4) is 0 Å². The van der Waals surface area contributed by atoms with Gasteiger partial charge in [-0.1, -0.05) is 12.1 Å². The maximum atomic E-state index is 12.2. The molecule has 0 radical (unpaired) electrons. The first kappa shape index (κ1) is 11.9. The second kappa shape index (κ2) is 4.87. The number of thiophene rings is 2. The molecule has 0 amide bonds. The van der Waals surface area contributed by atoms with Crippen LogP contribution in [0.1, 0.15) is 30.7 Å². The van der Waals surface area contributed by atoms with Crippen molar-refractivity contribution in [2.24, 2.45) is 0 Å². The van der Waals surface area contributed by atoms with E-state index in [0.29, 0.717) is 9.75 Å². The number of aromatic nitrogens is 2. The highest BCUT2D eigenvalue weighted by Crippen LogP contribution is 2.19. The molecule has 0 aliphatic carbocycles. The maximum absolute atomic E-state index is 12.2. The van der Waals surface area contributed by atoms with Crippen molar-refractivity contribution in [1.29, 1.82) is 0 Å². The zero-order valence-corrected chi connectivity index (χ0v) is 11.0. The molecule has 3 aromatic rings. The van der Waals surface area contributed by atoms with Crippen molar-refractivity contribution in [3.05, 3.63) is 56.2 Å². The third-order valence-corrected chi connectivity index (χ3v) is 4.15. The Morgan fingerprint density at radius 2 is 1.37 bits per heavy atom. The van der Waals surface area contributed by atoms with Gasteiger partial charge < -0.3 is 0 Å². The minimum Gasteiger partial charge on any atom is -0.286 e. The van der Waals surface area contributed by atoms with E-state index in [4.69, 9.17) is 0 Å². The Labute approximate surface area is 115 Å². The molecule has 0 saturated heterocycles. The molecular formula is C12H6N2O3S2. The van der Waals surface area contributed by atoms with Gasteiger partial charge in [-0.3, -0.25) is 9.59 Å². The predicted octanol–water partition coefficient (Wildman–Crippen LogP) is 2.65. The lowest BCUT2D eigenvalue weighted by molar-refractivity contribution is 0.100. The van der Waals surface area contributed by atoms with E-state index >= 15 is 0 Å². The van der Waals surface area contributed by atoms with Crippen LogP contribution in [0.25, 0.3) is 0 Å². The molecule has 0 unspecified atom stereocenters. The van der Waals surface area contributed by atoms with Gasteiger partial charge in [-0.15, -0.1) is 22.7 Å². The van der Waals surface area contributed by atoms with Gasteiger partial charge in [-0.25, -0.2) is 4.63 Å². The number of hydrogen-bond acceptors (Lipinski definition) is 7. The molecular weight excluding hydrogens is 284 g/mol. The second-order valence-electron chi connectivity index (χ2n) is 3.57. The Kier molecular flexibility index (Phi) is 3.06. The van der Waals surface area contributed by atoms with Crippen molar-refractivity contribution < 1.29 is 14.2 Å². The summed E-state index contributed by atoms with van der Waals surface area (Å²) in [6.45, 7) is 0. The minimum atomic E-state index is -0.351. The summed E-state index contributed by atoms with van der Waals surface area (Å²) in [5.74, 6) is -0.702. The second-order valence-corrected chi connectivity index (χ2v) is 5.47. The highest BCUT2D eigenvalue weighted by Gasteiger charge is 2.26. The lowest BCUT2D eigenvalue weighted by Gasteiger charge is -1.94. The van der Waals surface area contributed by atoms with Crippen LogP contribution >= 0.6 is 22.7 Å². The molecule has 0 fully saturated rings. The van der Waals surface area contributed by atoms with Gasteiger partial charge in [0.1, 0.15) is 0 Å². The van der Waals surface area contributed by atoms with Gasteiger partial charge in [-0.05, 0) is 33.2 Å². The Balaban J connectivity index is 1.99. The van der Waals surface area contributed by atoms with Crippen LogP contribution in [0.2, 0.25) is 0 Å². The predicted molar refractivity (Wildman–Crippen MR) is 69.8 cm³/mol. The fraction of sp³-hybridized carbons (Fsp3) is 0. The molecule has 94 valence electrons. The van der Waals surface area contributed by atoms with Gasteiger partial charge in [0.25, 0.3) is 0 Å². The number of ketones is 2. The van der Waals surface area contributed by atoms with Crippen LogP contribution in [0, 0.1) is 0 Å². The first-order valence-corrected chi connectivity index (χ1v) is 7.02. The molecule has 3 rings (SSSR count). The molecule has 0 aromatic carbocycles. The highest BCUT2D eigenvalue weighted by molar-refractivity contribution is 7.12. The van der Waals surface area contributed by atoms with Crippen molar-refractivity contribution >= 4 is 34.2 Å². The SMILES string of the molecule is O=C(c1cccs1)c1nonc1C(=O)c1cccs1. The molecule has 3 heterocycles. The molecule has 0 atom stereocenters. The van der Waals surface area contributed by atoms with Crippen molar-refractivity contribution in [3.63, 3.8) is 0 Å². The van der Waals surface area contributed by atoms with Crippen molar-refractivity contribution in [1.82, 2.24) is 10.3 Å². The first-order chi connectivity index (χ1) is 9.27. The normalized spacial score (nSPS) is 10.5. The summed E-state index contributed by atoms with van der Waals surface area (Å²) < 4.78 is 4.55. The average molecular weight is 290 g/mol. The highest BCUT2D eigenvalue weighted by atomic mass is 32.1. The summed E-state index contributed by atoms with van der Waals surface area (Å²) in [4.78, 5) is 25.3. The third-order valence-electron chi connectivity index (χ3n) is 2.41. The van der Waals surface area contributed by atoms with Gasteiger partial charge in [0.05, 0.1) is 9.75 Å². The van der Waals surface area contributed by atoms with E-state index in [1.807, 2.05) is 0 Å². The third kappa shape index (κ3) is 2.13. The van der Waals surface area contributed by atoms with Gasteiger partial charge in [0, 0.05) is 0 Å². The summed E-state index contributed by atoms with van der Waals surface area (Å²) in [7, 11) is 0. The lowest BCUT2D eigenvalue weighted by Crippen LogP contribution is -2.09. The van der Waals surface area contributed by atoms with E-state index in [1.54, 1.807) is 35.0 Å². The molecule has 0 bridgehead atoms. The fourth-order valence-corrected chi connectivity index (χ4v) is 2.86. The standard InChI is InChI=1S/C12H6N2O3S2/c15-11(7-3-1-5-18-7)9-10(14-17-13-9)12(16)8-4-2-6-19-8/h1-6H. The Morgan fingerprint density at radius 3 is 1.74 bits per heavy atom. The van der Waals surface area contributed by atoms with Crippen LogP contribution in [0.15, 0.2) is 39.7 Å². The van der Waals surface area contributed by atoms with Crippen LogP contribution in [0.4, 0.5) is 0 Å². The zero-order chi connectivity index (χ0) is 13.2. The van der Waals surface area contributed by atoms with E-state index in [2.05, 4.69) is 14.9 Å². The van der Waals surface area contributed by atoms with Crippen molar-refractivity contribution in [2.45, 2.75) is 0 Å². The van der Waals surface area contributed by atoms with E-state index in [9.17, 15) is 9.59 Å². The fourth-order valence-electron chi connectivity index (χ4n) is 1.54. The number of hydrogen-bond donors (Lipinski definition) is 0. The van der Waals surface area contributed by atoms with Crippen LogP contribution in [-0.2, 0) is 0 Å². The van der Waals surface area contributed by atoms with E-state index in [-0.39, 0.29) is 23.0 Å². The zero-order valence-electron chi connectivity index (χ0n) is 9.40. The molecule has 5 nitrogen and oxygen atoms in total. The van der Waals surface area contributed by atoms with Crippen molar-refractivity contribution in [2.75, 3.05) is 0 Å². The van der Waals surface area contributed by atoms with Crippen molar-refractivity contribution in [3.8, 4) is 0 Å². The summed E-state index contributed by atoms with van der Waals surface area (Å²) in [6.07, 6.45) is 0. The van der Waals surface area contributed by atoms with Gasteiger partial charge >= 0.3 is 0 Å². The summed E-state index contributed by atoms with van der Waals surface area (Å²) in [5, 5.41) is 10.7. The Morgan fingerprint density at radius 1 is 0.895 bits per heavy atom. The number of rotatable bonds is 4. The largest absolute Gasteiger partial charge is 0.286 e. The Hall–Kier alpha value is -2.12. The Bertz CT molecular complexity index is 653. The van der Waals surface area contributed by atoms with Gasteiger partial charge in [-0.2, -0.15) is 0 Å². The molecule has 0 aliphatic heterocycles. The maximum Gasteiger partial charge on any atom is 0.227 e. The number of nitrogens with zero attached hydrogens (tertiary/aromatic N) is 2. The van der Waals surface area contributed by atoms with Gasteiger partial charge in [0.2, 0.25) is 11.6 Å². The molecule has 0 spiro atoms. The number of carbonyl (C=O) groups is 2. The van der Waals surface area contributed by atoms with E-state index < -0.39 is 0 Å². The molecule has 3 aromatic heterocycles. The molecule has 0 saturated carbocycles. The molecule has 0 aliphatic rings. The minimum absolute atomic E-state index is 0.0409. The first-order valence-electron chi connectivity index (χ1n) is 5.26. The summed E-state index contributed by atoms with van der Waals surface area (Å²) >= 11 is 2.56. The lowest BCUT2D eigenvalue weighted by atomic mass is 10.1. The molecule has 0 N–H and O–H groups in total. The van der Waals surface area contributed by atoms with E-state index in [0.717, 1.165) is 0 Å². The summed E-state index contributed by atoms with van der Waals surface area (Å²) in [6, 6.07) is 6.85. The smallest absolute Gasteiger partial charge is 0.227 e. The monoisotopic (exact) mass is 290 g/mol. The van der Waals surface area contributed by atoms with Crippen LogP contribution in [0.5, 0.6) is 0 Å². The quantitative estimate of drug-likeness (QED) is 0.691. The average Bonchev–Trinajstić information content (AvgIpc) is 3.16. The van der Waals surface area contributed by atoms with E-state index in [1.165, 1.54) is 22.7 Å². The van der Waals surface area contributed by atoms with Crippen LogP contribution in [-0.4, -0.2) is 21.9 Å². The van der Waals surface area contributed by atoms with Gasteiger partial charge in [0.15, 0.2) is 11.4 Å². The van der Waals surface area contributed by atoms with Crippen LogP contribution < -0.4 is 0 Å². The number of carbonyl (C=O) groups excluding carboxylic acids is 2. The molecule has 19 heavy (non-hydrogen) atoms.